The molecule has 0 saturated carbocycles. The summed E-state index contributed by atoms with van der Waals surface area (Å²) in [4.78, 5) is 24.3. The van der Waals surface area contributed by atoms with Crippen molar-refractivity contribution in [3.05, 3.63) is 0 Å². The molecule has 0 saturated heterocycles. The van der Waals surface area contributed by atoms with Crippen molar-refractivity contribution in [3.8, 4) is 0 Å². The van der Waals surface area contributed by atoms with Gasteiger partial charge in [0.2, 0.25) is 0 Å². The predicted octanol–water partition coefficient (Wildman–Crippen LogP) is -2.57. The van der Waals surface area contributed by atoms with Crippen molar-refractivity contribution < 1.29 is 19.2 Å². The van der Waals surface area contributed by atoms with Crippen molar-refractivity contribution in [2.75, 3.05) is 0 Å². The average molecular weight is 123 g/mol. The molecule has 0 bridgehead atoms. The predicted molar refractivity (Wildman–Crippen MR) is 15.6 cm³/mol. The summed E-state index contributed by atoms with van der Waals surface area (Å²) in [6, 6.07) is 0. The molecule has 0 aliphatic carbocycles. The van der Waals surface area contributed by atoms with Crippen LogP contribution in [0.5, 0.6) is 0 Å². The minimum absolute atomic E-state index is 0. The molecule has 0 rings (SSSR count). The van der Waals surface area contributed by atoms with Crippen LogP contribution in [0.3, 0.4) is 0 Å². The van der Waals surface area contributed by atoms with Crippen molar-refractivity contribution in [2.45, 2.75) is 0 Å². The third-order valence-electron chi connectivity index (χ3n) is 0. The quantitative estimate of drug-likeness (QED) is 0.283. The van der Waals surface area contributed by atoms with Gasteiger partial charge in [0.25, 0.3) is 0 Å². The van der Waals surface area contributed by atoms with Crippen LogP contribution >= 0.6 is 7.82 Å². The van der Waals surface area contributed by atoms with E-state index in [4.69, 9.17) is 19.2 Å². The van der Waals surface area contributed by atoms with Gasteiger partial charge >= 0.3 is 17.4 Å². The summed E-state index contributed by atoms with van der Waals surface area (Å²) in [5.41, 5.74) is 0. The monoisotopic (exact) mass is 123 g/mol. The molecular weight excluding hydrogens is 122 g/mol. The Morgan fingerprint density at radius 3 is 1.50 bits per heavy atom. The van der Waals surface area contributed by atoms with Gasteiger partial charge in [-0.2, -0.15) is 0 Å². The zero-order valence-electron chi connectivity index (χ0n) is 2.70. The first-order valence-electron chi connectivity index (χ1n) is 0.748. The maximum Gasteiger partial charge on any atom is 2.00 e. The van der Waals surface area contributed by atoms with E-state index in [-0.39, 0.29) is 17.4 Å². The normalized spacial score (nSPS) is 9.83. The number of hydrogen-bond donors (Lipinski definition) is 1. The fraction of sp³-hybridized carbons (Fsp3) is 0. The summed E-state index contributed by atoms with van der Waals surface area (Å²) in [6.45, 7) is 0. The minimum Gasteiger partial charge on any atom is -0.790 e. The van der Waals surface area contributed by atoms with E-state index in [0.717, 1.165) is 0 Å². The van der Waals surface area contributed by atoms with E-state index in [2.05, 4.69) is 0 Å². The van der Waals surface area contributed by atoms with Crippen LogP contribution in [0.25, 0.3) is 0 Å². The van der Waals surface area contributed by atoms with Crippen molar-refractivity contribution in [3.63, 3.8) is 0 Å². The van der Waals surface area contributed by atoms with Gasteiger partial charge in [0.1, 0.15) is 0 Å². The Hall–Kier alpha value is 0.642. The number of phosphoric acid groups is 1. The molecule has 1 radical (unpaired) electrons. The van der Waals surface area contributed by atoms with Gasteiger partial charge in [-0.1, -0.05) is 0 Å². The summed E-state index contributed by atoms with van der Waals surface area (Å²) < 4.78 is 8.66. The first-order valence-corrected chi connectivity index (χ1v) is 2.24. The first kappa shape index (κ1) is 9.81. The third kappa shape index (κ3) is 149. The number of hydrogen-bond acceptors (Lipinski definition) is 3. The van der Waals surface area contributed by atoms with E-state index < -0.39 is 7.82 Å². The van der Waals surface area contributed by atoms with Crippen LogP contribution in [0.2, 0.25) is 0 Å². The van der Waals surface area contributed by atoms with Gasteiger partial charge in [0.05, 0.1) is 7.82 Å². The van der Waals surface area contributed by atoms with Gasteiger partial charge in [-0.25, -0.2) is 0 Å². The van der Waals surface area contributed by atoms with Crippen LogP contribution in [0, 0.1) is 0 Å². The molecule has 1 N–H and O–H groups in total. The minimum atomic E-state index is -5.14. The molecule has 0 amide bonds. The second kappa shape index (κ2) is 2.76. The molecule has 0 aliphatic rings. The zero-order valence-corrected chi connectivity index (χ0v) is 4.75. The summed E-state index contributed by atoms with van der Waals surface area (Å²) in [5.74, 6) is 0. The molecule has 0 aromatic rings. The van der Waals surface area contributed by atoms with Crippen molar-refractivity contribution in [2.24, 2.45) is 0 Å². The van der Waals surface area contributed by atoms with Crippen molar-refractivity contribution >= 4 is 25.2 Å². The average Bonchev–Trinajstić information content (AvgIpc) is 0.722. The van der Waals surface area contributed by atoms with Crippen LogP contribution in [-0.4, -0.2) is 22.3 Å². The van der Waals surface area contributed by atoms with Gasteiger partial charge < -0.3 is 19.2 Å². The van der Waals surface area contributed by atoms with Crippen molar-refractivity contribution in [1.82, 2.24) is 0 Å². The van der Waals surface area contributed by atoms with E-state index in [1.165, 1.54) is 0 Å². The second-order valence-electron chi connectivity index (χ2n) is 0.469. The molecule has 6 heteroatoms. The Kier molecular flexibility index (Phi) is 4.51. The molecule has 6 heavy (non-hydrogen) atoms. The van der Waals surface area contributed by atoms with Crippen LogP contribution in [0.15, 0.2) is 0 Å². The molecule has 4 nitrogen and oxygen atoms in total. The summed E-state index contributed by atoms with van der Waals surface area (Å²) in [7, 11) is -5.14. The standard InChI is InChI=1S/Al.H3O4P/c;1-5(2,3)4/h;(H3,1,2,3,4)/q+2;/p-2. The van der Waals surface area contributed by atoms with E-state index >= 15 is 0 Å². The van der Waals surface area contributed by atoms with E-state index in [1.54, 1.807) is 0 Å². The van der Waals surface area contributed by atoms with Gasteiger partial charge in [-0.15, -0.1) is 0 Å². The molecule has 0 heterocycles. The summed E-state index contributed by atoms with van der Waals surface area (Å²) in [6.07, 6.45) is 0. The third-order valence-corrected chi connectivity index (χ3v) is 0. The van der Waals surface area contributed by atoms with Gasteiger partial charge in [0, 0.05) is 0 Å². The second-order valence-corrected chi connectivity index (χ2v) is 1.41. The molecule has 0 spiro atoms. The zero-order chi connectivity index (χ0) is 4.50. The largest absolute Gasteiger partial charge is 2.00 e. The van der Waals surface area contributed by atoms with Crippen LogP contribution in [-0.2, 0) is 4.57 Å². The van der Waals surface area contributed by atoms with E-state index in [0.29, 0.717) is 0 Å². The Balaban J connectivity index is 0. The Morgan fingerprint density at radius 1 is 1.50 bits per heavy atom. The Bertz CT molecular complexity index is 53.7. The summed E-state index contributed by atoms with van der Waals surface area (Å²) in [5, 5.41) is 0. The van der Waals surface area contributed by atoms with E-state index in [9.17, 15) is 0 Å². The molecule has 0 aromatic carbocycles. The van der Waals surface area contributed by atoms with Gasteiger partial charge in [0.15, 0.2) is 0 Å². The van der Waals surface area contributed by atoms with Crippen molar-refractivity contribution in [1.29, 1.82) is 0 Å². The molecular formula is HAlO4P. The fourth-order valence-electron chi connectivity index (χ4n) is 0. The fourth-order valence-corrected chi connectivity index (χ4v) is 0. The topological polar surface area (TPSA) is 83.4 Å². The van der Waals surface area contributed by atoms with Crippen LogP contribution in [0.4, 0.5) is 0 Å². The maximum atomic E-state index is 8.66. The summed E-state index contributed by atoms with van der Waals surface area (Å²) >= 11 is 0. The molecule has 0 atom stereocenters. The molecule has 0 aromatic heterocycles. The Morgan fingerprint density at radius 2 is 1.50 bits per heavy atom. The number of rotatable bonds is 0. The smallest absolute Gasteiger partial charge is 0.790 e. The molecule has 0 unspecified atom stereocenters. The molecule has 33 valence electrons. The Labute approximate surface area is 45.2 Å². The van der Waals surface area contributed by atoms with Gasteiger partial charge in [-0.3, -0.25) is 0 Å². The SMILES string of the molecule is O=P([O-])([O-])O.[Al+2]. The maximum absolute atomic E-state index is 8.66. The van der Waals surface area contributed by atoms with E-state index in [1.807, 2.05) is 0 Å². The molecule has 0 fully saturated rings. The van der Waals surface area contributed by atoms with Crippen LogP contribution in [0.1, 0.15) is 0 Å². The molecule has 0 aliphatic heterocycles. The first-order chi connectivity index (χ1) is 2.00. The van der Waals surface area contributed by atoms with Gasteiger partial charge in [-0.05, 0) is 0 Å². The van der Waals surface area contributed by atoms with Crippen LogP contribution < -0.4 is 9.79 Å².